The minimum absolute atomic E-state index is 0.0291. The van der Waals surface area contributed by atoms with Crippen molar-refractivity contribution in [3.05, 3.63) is 79.4 Å². The van der Waals surface area contributed by atoms with Gasteiger partial charge in [0.15, 0.2) is 36.3 Å². The first-order valence-corrected chi connectivity index (χ1v) is 25.3. The van der Waals surface area contributed by atoms with Crippen LogP contribution in [-0.2, 0) is 53.9 Å². The SMILES string of the molecule is CCc1c(Br)c(O)c(Cl)c(O)c1C(=O)O[C@@H]1[C@@H](O)[C@@H](OC)[C@@H](OC/C2=C/C=C\CC(O)/C(C)=C\C(CC)C(O[C@@H]3OC(C)(C)[C@@H](OC(=O)C(C)C)[C@H](O)[C@@H]3O)/C(C)=C\C(C)=C/CC(C(C)O)OC2=O)O[C@H]1C. The molecular weight excluding hydrogens is 1030 g/mol. The molecule has 3 heterocycles. The Bertz CT molecular complexity index is 2220. The number of rotatable bonds is 13. The van der Waals surface area contributed by atoms with Gasteiger partial charge in [-0.1, -0.05) is 75.2 Å². The van der Waals surface area contributed by atoms with Gasteiger partial charge >= 0.3 is 17.9 Å². The van der Waals surface area contributed by atoms with Crippen LogP contribution in [0.3, 0.4) is 0 Å². The number of phenols is 2. The summed E-state index contributed by atoms with van der Waals surface area (Å²) in [7, 11) is 1.27. The van der Waals surface area contributed by atoms with Gasteiger partial charge in [-0.15, -0.1) is 0 Å². The lowest BCUT2D eigenvalue weighted by molar-refractivity contribution is -0.333. The van der Waals surface area contributed by atoms with E-state index in [0.717, 1.165) is 0 Å². The third kappa shape index (κ3) is 14.8. The number of allylic oxidation sites excluding steroid dienone is 4. The molecular formula is C52H74BrClO18. The van der Waals surface area contributed by atoms with Gasteiger partial charge in [0.05, 0.1) is 47.0 Å². The molecule has 4 rings (SSSR count). The van der Waals surface area contributed by atoms with E-state index in [1.54, 1.807) is 53.7 Å². The van der Waals surface area contributed by atoms with Gasteiger partial charge in [0, 0.05) is 19.4 Å². The quantitative estimate of drug-likeness (QED) is 0.0645. The van der Waals surface area contributed by atoms with Gasteiger partial charge in [-0.3, -0.25) is 4.79 Å². The molecule has 404 valence electrons. The second-order valence-corrected chi connectivity index (χ2v) is 20.5. The summed E-state index contributed by atoms with van der Waals surface area (Å²) in [5.41, 5.74) is 0.575. The molecule has 2 fully saturated rings. The Kier molecular flexibility index (Phi) is 22.5. The molecule has 0 saturated carbocycles. The molecule has 7 N–H and O–H groups in total. The molecule has 3 aliphatic heterocycles. The average Bonchev–Trinajstić information content (AvgIpc) is 3.32. The fourth-order valence-corrected chi connectivity index (χ4v) is 9.58. The number of ether oxygens (including phenoxy) is 8. The lowest BCUT2D eigenvalue weighted by Crippen LogP contribution is -2.64. The molecule has 18 nitrogen and oxygen atoms in total. The Morgan fingerprint density at radius 3 is 2.21 bits per heavy atom. The fourth-order valence-electron chi connectivity index (χ4n) is 8.60. The summed E-state index contributed by atoms with van der Waals surface area (Å²) in [6, 6.07) is 0. The van der Waals surface area contributed by atoms with Crippen molar-refractivity contribution in [2.24, 2.45) is 11.8 Å². The van der Waals surface area contributed by atoms with Crippen molar-refractivity contribution in [2.75, 3.05) is 13.7 Å². The molecule has 20 heteroatoms. The number of aliphatic hydroxyl groups is 5. The van der Waals surface area contributed by atoms with E-state index >= 15 is 0 Å². The maximum absolute atomic E-state index is 14.0. The van der Waals surface area contributed by atoms with E-state index in [-0.39, 0.29) is 40.4 Å². The van der Waals surface area contributed by atoms with E-state index in [4.69, 9.17) is 49.5 Å². The minimum Gasteiger partial charge on any atom is -0.505 e. The van der Waals surface area contributed by atoms with E-state index in [2.05, 4.69) is 15.9 Å². The highest BCUT2D eigenvalue weighted by Crippen LogP contribution is 2.45. The molecule has 72 heavy (non-hydrogen) atoms. The molecule has 0 radical (unpaired) electrons. The lowest BCUT2D eigenvalue weighted by atomic mass is 9.88. The third-order valence-corrected chi connectivity index (χ3v) is 14.2. The molecule has 0 bridgehead atoms. The Hall–Kier alpha value is -3.70. The van der Waals surface area contributed by atoms with Gasteiger partial charge in [0.2, 0.25) is 0 Å². The van der Waals surface area contributed by atoms with Crippen molar-refractivity contribution in [1.82, 2.24) is 0 Å². The van der Waals surface area contributed by atoms with Gasteiger partial charge in [-0.25, -0.2) is 9.59 Å². The maximum Gasteiger partial charge on any atom is 0.342 e. The number of halogens is 2. The summed E-state index contributed by atoms with van der Waals surface area (Å²) in [5, 5.41) is 76.9. The summed E-state index contributed by atoms with van der Waals surface area (Å²) in [6.45, 7) is 18.2. The second kappa shape index (κ2) is 26.7. The van der Waals surface area contributed by atoms with Crippen molar-refractivity contribution in [3.8, 4) is 11.5 Å². The molecule has 1 aromatic rings. The van der Waals surface area contributed by atoms with Crippen LogP contribution in [0.15, 0.2) is 63.2 Å². The first-order valence-electron chi connectivity index (χ1n) is 24.2. The number of esters is 3. The standard InChI is InChI=1S/C52H74BrClO18/c1-13-30-22-26(6)33(56)18-16-15-17-31(23-66-51-45(65-12)42(61)44(29(9)67-51)69-49(64)35-32(14-2)36(53)39(58)37(54)38(35)57)48(63)68-34(28(8)55)20-19-25(5)21-27(7)43(30)70-50-41(60)40(59)46(52(10,11)72-50)71-47(62)24(3)4/h15-17,19,21-22,24,28-30,33-34,40-46,50-51,55-61H,13-14,18,20,23H2,1-12H3/b16-15-,25-19-,26-22-,27-21-,31-17-/t28?,29-,30?,33?,34?,40+,41-,42+,43?,44-,45+,46-,50+,51-/m0/s1. The number of carbonyl (C=O) groups excluding carboxylic acids is 3. The largest absolute Gasteiger partial charge is 0.505 e. The predicted molar refractivity (Wildman–Crippen MR) is 268 cm³/mol. The van der Waals surface area contributed by atoms with Crippen LogP contribution in [-0.4, -0.2) is 153 Å². The summed E-state index contributed by atoms with van der Waals surface area (Å²) in [4.78, 5) is 40.0. The van der Waals surface area contributed by atoms with Crippen molar-refractivity contribution < 1.29 is 88.0 Å². The van der Waals surface area contributed by atoms with E-state index in [9.17, 15) is 50.1 Å². The number of methoxy groups -OCH3 is 1. The molecule has 0 spiro atoms. The van der Waals surface area contributed by atoms with Gasteiger partial charge in [0.1, 0.15) is 46.7 Å². The molecule has 0 aromatic heterocycles. The summed E-state index contributed by atoms with van der Waals surface area (Å²) < 4.78 is 47.7. The van der Waals surface area contributed by atoms with Crippen LogP contribution < -0.4 is 0 Å². The third-order valence-electron chi connectivity index (χ3n) is 13.0. The smallest absolute Gasteiger partial charge is 0.342 e. The molecule has 3 aliphatic rings. The summed E-state index contributed by atoms with van der Waals surface area (Å²) >= 11 is 9.30. The van der Waals surface area contributed by atoms with Crippen LogP contribution in [0.5, 0.6) is 11.5 Å². The Morgan fingerprint density at radius 2 is 1.61 bits per heavy atom. The molecule has 0 aliphatic carbocycles. The van der Waals surface area contributed by atoms with E-state index < -0.39 is 138 Å². The number of aromatic hydroxyl groups is 2. The summed E-state index contributed by atoms with van der Waals surface area (Å²) in [5.74, 6) is -4.51. The zero-order valence-electron chi connectivity index (χ0n) is 43.0. The monoisotopic (exact) mass is 1100 g/mol. The van der Waals surface area contributed by atoms with E-state index in [1.165, 1.54) is 33.1 Å². The van der Waals surface area contributed by atoms with Crippen LogP contribution in [0, 0.1) is 11.8 Å². The van der Waals surface area contributed by atoms with Crippen molar-refractivity contribution in [3.63, 3.8) is 0 Å². The molecule has 1 aromatic carbocycles. The second-order valence-electron chi connectivity index (χ2n) is 19.4. The number of hydrogen-bond donors (Lipinski definition) is 7. The van der Waals surface area contributed by atoms with Crippen molar-refractivity contribution >= 4 is 45.4 Å². The Labute approximate surface area is 435 Å². The molecule has 2 saturated heterocycles. The first kappa shape index (κ1) is 60.9. The molecule has 5 unspecified atom stereocenters. The topological polar surface area (TPSA) is 267 Å². The highest BCUT2D eigenvalue weighted by Gasteiger charge is 2.53. The maximum atomic E-state index is 14.0. The highest BCUT2D eigenvalue weighted by molar-refractivity contribution is 9.10. The highest BCUT2D eigenvalue weighted by atomic mass is 79.9. The zero-order chi connectivity index (χ0) is 54.1. The van der Waals surface area contributed by atoms with Gasteiger partial charge < -0.3 is 73.6 Å². The number of carbonyl (C=O) groups is 3. The summed E-state index contributed by atoms with van der Waals surface area (Å²) in [6.07, 6.45) is -5.20. The van der Waals surface area contributed by atoms with E-state index in [0.29, 0.717) is 23.1 Å². The number of aliphatic hydroxyl groups excluding tert-OH is 5. The molecule has 14 atom stereocenters. The fraction of sp³-hybridized carbons (Fsp3) is 0.635. The predicted octanol–water partition coefficient (Wildman–Crippen LogP) is 6.34. The van der Waals surface area contributed by atoms with Crippen LogP contribution in [0.4, 0.5) is 0 Å². The van der Waals surface area contributed by atoms with Gasteiger partial charge in [0.25, 0.3) is 0 Å². The Balaban J connectivity index is 1.61. The van der Waals surface area contributed by atoms with Crippen LogP contribution in [0.2, 0.25) is 5.02 Å². The van der Waals surface area contributed by atoms with Crippen LogP contribution >= 0.6 is 27.5 Å². The number of phenolic OH excluding ortho intramolecular Hbond substituents is 2. The molecule has 0 amide bonds. The van der Waals surface area contributed by atoms with Crippen LogP contribution in [0.25, 0.3) is 0 Å². The van der Waals surface area contributed by atoms with Crippen LogP contribution in [0.1, 0.15) is 111 Å². The zero-order valence-corrected chi connectivity index (χ0v) is 45.4. The Morgan fingerprint density at radius 1 is 0.944 bits per heavy atom. The number of hydrogen-bond acceptors (Lipinski definition) is 18. The van der Waals surface area contributed by atoms with Gasteiger partial charge in [-0.2, -0.15) is 0 Å². The van der Waals surface area contributed by atoms with E-state index in [1.807, 2.05) is 32.9 Å². The average molecular weight is 1100 g/mol. The first-order chi connectivity index (χ1) is 33.7. The number of benzene rings is 1. The number of cyclic esters (lactones) is 1. The minimum atomic E-state index is -1.60. The van der Waals surface area contributed by atoms with Crippen molar-refractivity contribution in [1.29, 1.82) is 0 Å². The lowest BCUT2D eigenvalue weighted by Gasteiger charge is -2.47. The normalized spacial score (nSPS) is 34.8. The van der Waals surface area contributed by atoms with Gasteiger partial charge in [-0.05, 0) is 106 Å². The van der Waals surface area contributed by atoms with Crippen molar-refractivity contribution in [2.45, 2.75) is 187 Å².